The maximum absolute atomic E-state index is 12.7. The Morgan fingerprint density at radius 1 is 0.329 bits per heavy atom. The Morgan fingerprint density at radius 3 is 0.918 bits per heavy atom. The Balaban J connectivity index is 0. The first kappa shape index (κ1) is 82.7. The molecule has 0 aliphatic heterocycles. The minimum Gasteiger partial charge on any atom is -0.378 e. The van der Waals surface area contributed by atoms with Crippen LogP contribution in [0.3, 0.4) is 0 Å². The van der Waals surface area contributed by atoms with Crippen LogP contribution in [0.25, 0.3) is 0 Å². The highest BCUT2D eigenvalue weighted by molar-refractivity contribution is 5.86. The second-order valence-corrected chi connectivity index (χ2v) is 23.0. The minimum atomic E-state index is -0.545. The van der Waals surface area contributed by atoms with Crippen molar-refractivity contribution in [2.45, 2.75) is 279 Å². The van der Waals surface area contributed by atoms with Crippen LogP contribution < -0.4 is 32.7 Å². The Labute approximate surface area is 517 Å². The molecule has 19 nitrogen and oxygen atoms in total. The summed E-state index contributed by atoms with van der Waals surface area (Å²) in [6, 6.07) is 0. The molecule has 0 aromatic carbocycles. The van der Waals surface area contributed by atoms with Crippen LogP contribution in [0.5, 0.6) is 0 Å². The molecular weight excluding hydrogens is 1080 g/mol. The van der Waals surface area contributed by atoms with Gasteiger partial charge in [0.2, 0.25) is 47.3 Å². The van der Waals surface area contributed by atoms with Crippen molar-refractivity contribution in [2.75, 3.05) is 98.4 Å². The monoisotopic (exact) mass is 1210 g/mol. The van der Waals surface area contributed by atoms with Gasteiger partial charge in [-0.3, -0.25) is 38.4 Å². The molecule has 8 amide bonds. The zero-order chi connectivity index (χ0) is 63.1. The van der Waals surface area contributed by atoms with Gasteiger partial charge >= 0.3 is 0 Å². The standard InChI is InChI=1S/C63H121N9O10.C3H8/c1-4-61(78)70(52-56(65)73)46-43-67-57(74)40-38-36-34-32-30-28-26-24-22-20-18-16-14-12-10-8-7-9-11-13-15-17-19-21-23-25-27-29-31-33-35-37-39-42-66-58(75)53-71(62(79)5-2)47-44-68-59(76)54-72(63(80)6-3)48-45-69-60(77)55-82-51-50-81-49-41-64;1-3-2/h4-55,64H2,1-3H3,(H2,65,73)(H,66,75)(H,67,74)(H,68,76)(H,69,77);3H2,1-2H3. The van der Waals surface area contributed by atoms with Crippen molar-refractivity contribution in [3.8, 4) is 0 Å². The van der Waals surface area contributed by atoms with Gasteiger partial charge in [0.05, 0.1) is 39.5 Å². The summed E-state index contributed by atoms with van der Waals surface area (Å²) in [7, 11) is 0. The fourth-order valence-electron chi connectivity index (χ4n) is 9.91. The SMILES string of the molecule is CCC.CCC(=O)N(CCNC(=O)CCCCCCCCCCCCCCCCCCCCCCCCCCCCCCCCCCCNC(=O)CN(CCNC(=O)CN(CCNC(=O)COCCOCCN)C(=O)CC)C(=O)CC)CC(N)=O. The van der Waals surface area contributed by atoms with E-state index in [9.17, 15) is 38.4 Å². The third-order valence-corrected chi connectivity index (χ3v) is 14.9. The average molecular weight is 1210 g/mol. The van der Waals surface area contributed by atoms with Crippen molar-refractivity contribution in [1.29, 1.82) is 0 Å². The second-order valence-electron chi connectivity index (χ2n) is 23.0. The van der Waals surface area contributed by atoms with Crippen molar-refractivity contribution < 1.29 is 47.8 Å². The number of ether oxygens (including phenoxy) is 2. The number of hydrogen-bond acceptors (Lipinski definition) is 11. The molecule has 0 saturated heterocycles. The molecule has 0 atom stereocenters. The smallest absolute Gasteiger partial charge is 0.246 e. The number of hydrogen-bond donors (Lipinski definition) is 6. The van der Waals surface area contributed by atoms with E-state index < -0.39 is 11.8 Å². The van der Waals surface area contributed by atoms with Gasteiger partial charge in [-0.2, -0.15) is 0 Å². The van der Waals surface area contributed by atoms with Crippen LogP contribution in [0.1, 0.15) is 279 Å². The van der Waals surface area contributed by atoms with Gasteiger partial charge in [0.1, 0.15) is 6.61 Å². The van der Waals surface area contributed by atoms with Gasteiger partial charge in [-0.25, -0.2) is 0 Å². The van der Waals surface area contributed by atoms with E-state index in [-0.39, 0.29) is 107 Å². The molecule has 85 heavy (non-hydrogen) atoms. The van der Waals surface area contributed by atoms with E-state index in [1.54, 1.807) is 20.8 Å². The summed E-state index contributed by atoms with van der Waals surface area (Å²) < 4.78 is 10.5. The summed E-state index contributed by atoms with van der Waals surface area (Å²) in [5, 5.41) is 11.2. The lowest BCUT2D eigenvalue weighted by molar-refractivity contribution is -0.137. The number of carbonyl (C=O) groups is 8. The molecule has 498 valence electrons. The van der Waals surface area contributed by atoms with E-state index in [2.05, 4.69) is 35.1 Å². The Kier molecular flexibility index (Phi) is 62.4. The predicted molar refractivity (Wildman–Crippen MR) is 345 cm³/mol. The molecule has 0 rings (SSSR count). The highest BCUT2D eigenvalue weighted by Crippen LogP contribution is 2.17. The van der Waals surface area contributed by atoms with Gasteiger partial charge in [0, 0.05) is 78.0 Å². The van der Waals surface area contributed by atoms with Gasteiger partial charge in [0.15, 0.2) is 0 Å². The molecule has 0 aromatic rings. The number of carbonyl (C=O) groups excluding carboxylic acids is 8. The second kappa shape index (κ2) is 64.1. The maximum Gasteiger partial charge on any atom is 0.246 e. The lowest BCUT2D eigenvalue weighted by Gasteiger charge is -2.24. The molecule has 0 bridgehead atoms. The van der Waals surface area contributed by atoms with Crippen LogP contribution in [0.15, 0.2) is 0 Å². The molecule has 0 spiro atoms. The van der Waals surface area contributed by atoms with Crippen LogP contribution >= 0.6 is 0 Å². The predicted octanol–water partition coefficient (Wildman–Crippen LogP) is 10.3. The Bertz CT molecular complexity index is 1640. The number of nitrogens with two attached hydrogens (primary N) is 2. The summed E-state index contributed by atoms with van der Waals surface area (Å²) in [5.74, 6) is -2.04. The van der Waals surface area contributed by atoms with Crippen LogP contribution in [0.4, 0.5) is 0 Å². The van der Waals surface area contributed by atoms with E-state index in [0.29, 0.717) is 52.2 Å². The van der Waals surface area contributed by atoms with Gasteiger partial charge in [-0.05, 0) is 12.8 Å². The van der Waals surface area contributed by atoms with Crippen molar-refractivity contribution >= 4 is 47.3 Å². The summed E-state index contributed by atoms with van der Waals surface area (Å²) in [4.78, 5) is 102. The topological polar surface area (TPSA) is 265 Å². The Hall–Kier alpha value is -4.36. The molecule has 19 heteroatoms. The van der Waals surface area contributed by atoms with Gasteiger partial charge < -0.3 is 56.9 Å². The van der Waals surface area contributed by atoms with E-state index in [0.717, 1.165) is 32.1 Å². The molecule has 0 radical (unpaired) electrons. The third kappa shape index (κ3) is 58.4. The van der Waals surface area contributed by atoms with Gasteiger partial charge in [0.25, 0.3) is 0 Å². The number of primary amides is 1. The highest BCUT2D eigenvalue weighted by Gasteiger charge is 2.19. The van der Waals surface area contributed by atoms with E-state index in [1.807, 2.05) is 0 Å². The molecule has 0 heterocycles. The molecule has 0 unspecified atom stereocenters. The van der Waals surface area contributed by atoms with E-state index >= 15 is 0 Å². The molecule has 0 fully saturated rings. The summed E-state index contributed by atoms with van der Waals surface area (Å²) in [5.41, 5.74) is 10.6. The number of nitrogens with one attached hydrogen (secondary N) is 4. The van der Waals surface area contributed by atoms with E-state index in [1.165, 1.54) is 201 Å². The lowest BCUT2D eigenvalue weighted by Crippen LogP contribution is -2.47. The maximum atomic E-state index is 12.7. The van der Waals surface area contributed by atoms with Gasteiger partial charge in [-0.15, -0.1) is 0 Å². The van der Waals surface area contributed by atoms with Crippen LogP contribution in [-0.2, 0) is 47.8 Å². The molecule has 8 N–H and O–H groups in total. The van der Waals surface area contributed by atoms with E-state index in [4.69, 9.17) is 20.9 Å². The number of amides is 8. The fraction of sp³-hybridized carbons (Fsp3) is 0.879. The van der Waals surface area contributed by atoms with Crippen LogP contribution in [-0.4, -0.2) is 160 Å². The van der Waals surface area contributed by atoms with Crippen molar-refractivity contribution in [2.24, 2.45) is 11.5 Å². The minimum absolute atomic E-state index is 0.00110. The first-order chi connectivity index (χ1) is 41.3. The summed E-state index contributed by atoms with van der Waals surface area (Å²) in [6.07, 6.45) is 45.4. The number of nitrogens with zero attached hydrogens (tertiary/aromatic N) is 3. The molecule has 0 aliphatic carbocycles. The lowest BCUT2D eigenvalue weighted by atomic mass is 10.0. The van der Waals surface area contributed by atoms with Crippen LogP contribution in [0.2, 0.25) is 0 Å². The molecular formula is C66H129N9O10. The zero-order valence-electron chi connectivity index (χ0n) is 55.1. The van der Waals surface area contributed by atoms with Gasteiger partial charge in [-0.1, -0.05) is 240 Å². The first-order valence-corrected chi connectivity index (χ1v) is 34.3. The molecule has 0 aromatic heterocycles. The quantitative estimate of drug-likeness (QED) is 0.0312. The van der Waals surface area contributed by atoms with Crippen molar-refractivity contribution in [3.63, 3.8) is 0 Å². The average Bonchev–Trinajstić information content (AvgIpc) is 3.57. The van der Waals surface area contributed by atoms with Crippen molar-refractivity contribution in [3.05, 3.63) is 0 Å². The molecule has 0 aliphatic rings. The summed E-state index contributed by atoms with van der Waals surface area (Å²) in [6.45, 7) is 12.2. The molecule has 0 saturated carbocycles. The Morgan fingerprint density at radius 2 is 0.600 bits per heavy atom. The van der Waals surface area contributed by atoms with Crippen LogP contribution in [0, 0.1) is 0 Å². The zero-order valence-corrected chi connectivity index (χ0v) is 55.1. The number of rotatable bonds is 61. The number of unbranched alkanes of at least 4 members (excludes halogenated alkanes) is 32. The third-order valence-electron chi connectivity index (χ3n) is 14.9. The largest absolute Gasteiger partial charge is 0.378 e. The fourth-order valence-corrected chi connectivity index (χ4v) is 9.91. The normalized spacial score (nSPS) is 10.9. The van der Waals surface area contributed by atoms with Crippen molar-refractivity contribution in [1.82, 2.24) is 36.0 Å². The summed E-state index contributed by atoms with van der Waals surface area (Å²) >= 11 is 0. The highest BCUT2D eigenvalue weighted by atomic mass is 16.5. The first-order valence-electron chi connectivity index (χ1n) is 34.3.